The number of anilines is 2. The van der Waals surface area contributed by atoms with Gasteiger partial charge >= 0.3 is 0 Å². The van der Waals surface area contributed by atoms with Crippen LogP contribution in [0.15, 0.2) is 42.7 Å². The van der Waals surface area contributed by atoms with Gasteiger partial charge in [-0.3, -0.25) is 0 Å². The first-order chi connectivity index (χ1) is 8.74. The predicted molar refractivity (Wildman–Crippen MR) is 73.4 cm³/mol. The van der Waals surface area contributed by atoms with E-state index in [1.54, 1.807) is 6.20 Å². The van der Waals surface area contributed by atoms with Gasteiger partial charge in [0.25, 0.3) is 0 Å². The van der Waals surface area contributed by atoms with Gasteiger partial charge in [0.05, 0.1) is 0 Å². The van der Waals surface area contributed by atoms with Crippen LogP contribution in [0, 0.1) is 0 Å². The monoisotopic (exact) mass is 258 g/mol. The second-order valence-corrected chi connectivity index (χ2v) is 4.33. The molecule has 2 aromatic heterocycles. The molecule has 0 saturated heterocycles. The van der Waals surface area contributed by atoms with Crippen LogP contribution in [0.5, 0.6) is 0 Å². The molecular formula is C13H11ClN4. The molecule has 5 heteroatoms. The lowest BCUT2D eigenvalue weighted by Gasteiger charge is -2.18. The summed E-state index contributed by atoms with van der Waals surface area (Å²) in [5, 5.41) is 1.44. The molecule has 0 unspecified atom stereocenters. The molecule has 0 aliphatic heterocycles. The van der Waals surface area contributed by atoms with E-state index in [9.17, 15) is 0 Å². The van der Waals surface area contributed by atoms with Crippen LogP contribution in [0.25, 0.3) is 10.9 Å². The lowest BCUT2D eigenvalue weighted by Crippen LogP contribution is -2.11. The van der Waals surface area contributed by atoms with Crippen molar-refractivity contribution < 1.29 is 0 Å². The van der Waals surface area contributed by atoms with Gasteiger partial charge in [0.2, 0.25) is 5.28 Å². The summed E-state index contributed by atoms with van der Waals surface area (Å²) < 4.78 is 0. The average Bonchev–Trinajstić information content (AvgIpc) is 2.85. The Hall–Kier alpha value is -2.07. The summed E-state index contributed by atoms with van der Waals surface area (Å²) in [6, 6.07) is 10.1. The maximum absolute atomic E-state index is 5.80. The topological polar surface area (TPSA) is 44.8 Å². The average molecular weight is 259 g/mol. The number of nitrogens with one attached hydrogen (secondary N) is 1. The van der Waals surface area contributed by atoms with Crippen LogP contribution in [-0.2, 0) is 0 Å². The first kappa shape index (κ1) is 11.0. The Morgan fingerprint density at radius 2 is 2.11 bits per heavy atom. The van der Waals surface area contributed by atoms with Crippen molar-refractivity contribution >= 4 is 34.0 Å². The number of hydrogen-bond acceptors (Lipinski definition) is 3. The molecule has 0 aliphatic rings. The summed E-state index contributed by atoms with van der Waals surface area (Å²) in [7, 11) is 1.95. The van der Waals surface area contributed by atoms with Crippen LogP contribution in [-0.4, -0.2) is 22.0 Å². The molecule has 0 spiro atoms. The highest BCUT2D eigenvalue weighted by Gasteiger charge is 2.07. The zero-order valence-corrected chi connectivity index (χ0v) is 10.5. The molecule has 3 aromatic rings. The summed E-state index contributed by atoms with van der Waals surface area (Å²) in [4.78, 5) is 13.2. The van der Waals surface area contributed by atoms with E-state index in [4.69, 9.17) is 11.6 Å². The molecule has 1 N–H and O–H groups in total. The molecule has 90 valence electrons. The Kier molecular flexibility index (Phi) is 2.64. The van der Waals surface area contributed by atoms with Crippen LogP contribution in [0.1, 0.15) is 0 Å². The number of fused-ring (bicyclic) bond motifs is 1. The van der Waals surface area contributed by atoms with Crippen molar-refractivity contribution in [2.24, 2.45) is 0 Å². The Labute approximate surface area is 109 Å². The highest BCUT2D eigenvalue weighted by Crippen LogP contribution is 2.25. The van der Waals surface area contributed by atoms with Crippen molar-refractivity contribution in [1.82, 2.24) is 15.0 Å². The maximum atomic E-state index is 5.80. The van der Waals surface area contributed by atoms with Gasteiger partial charge in [0.1, 0.15) is 5.82 Å². The molecule has 0 fully saturated rings. The van der Waals surface area contributed by atoms with Crippen LogP contribution in [0.3, 0.4) is 0 Å². The fourth-order valence-corrected chi connectivity index (χ4v) is 2.03. The van der Waals surface area contributed by atoms with Gasteiger partial charge in [0.15, 0.2) is 0 Å². The van der Waals surface area contributed by atoms with Crippen LogP contribution < -0.4 is 4.90 Å². The second-order valence-electron chi connectivity index (χ2n) is 3.99. The van der Waals surface area contributed by atoms with E-state index in [-0.39, 0.29) is 5.28 Å². The molecule has 0 bridgehead atoms. The SMILES string of the molecule is CN(c1ccc2cc[nH]c2c1)c1ccnc(Cl)n1. The maximum Gasteiger partial charge on any atom is 0.224 e. The molecule has 2 heterocycles. The van der Waals surface area contributed by atoms with E-state index >= 15 is 0 Å². The fourth-order valence-electron chi connectivity index (χ4n) is 1.89. The highest BCUT2D eigenvalue weighted by molar-refractivity contribution is 6.28. The van der Waals surface area contributed by atoms with E-state index in [0.717, 1.165) is 17.0 Å². The van der Waals surface area contributed by atoms with Crippen molar-refractivity contribution in [3.63, 3.8) is 0 Å². The molecule has 0 aliphatic carbocycles. The first-order valence-electron chi connectivity index (χ1n) is 5.53. The van der Waals surface area contributed by atoms with Crippen molar-refractivity contribution in [2.45, 2.75) is 0 Å². The predicted octanol–water partition coefficient (Wildman–Crippen LogP) is 3.38. The molecular weight excluding hydrogens is 248 g/mol. The molecule has 18 heavy (non-hydrogen) atoms. The minimum atomic E-state index is 0.250. The zero-order valence-electron chi connectivity index (χ0n) is 9.76. The second kappa shape index (κ2) is 4.31. The van der Waals surface area contributed by atoms with E-state index < -0.39 is 0 Å². The molecule has 4 nitrogen and oxygen atoms in total. The quantitative estimate of drug-likeness (QED) is 0.717. The van der Waals surface area contributed by atoms with Crippen LogP contribution in [0.2, 0.25) is 5.28 Å². The van der Waals surface area contributed by atoms with E-state index in [0.29, 0.717) is 0 Å². The number of nitrogens with zero attached hydrogens (tertiary/aromatic N) is 3. The van der Waals surface area contributed by atoms with Gasteiger partial charge in [-0.05, 0) is 41.3 Å². The van der Waals surface area contributed by atoms with Crippen molar-refractivity contribution in [2.75, 3.05) is 11.9 Å². The van der Waals surface area contributed by atoms with Gasteiger partial charge < -0.3 is 9.88 Å². The molecule has 0 amide bonds. The van der Waals surface area contributed by atoms with Gasteiger partial charge in [0, 0.05) is 30.6 Å². The normalized spacial score (nSPS) is 10.8. The number of benzene rings is 1. The molecule has 3 rings (SSSR count). The lowest BCUT2D eigenvalue weighted by molar-refractivity contribution is 1.08. The number of aromatic amines is 1. The Morgan fingerprint density at radius 3 is 2.94 bits per heavy atom. The Morgan fingerprint density at radius 1 is 1.22 bits per heavy atom. The van der Waals surface area contributed by atoms with E-state index in [1.165, 1.54) is 5.39 Å². The Balaban J connectivity index is 2.02. The van der Waals surface area contributed by atoms with Gasteiger partial charge in [-0.25, -0.2) is 9.97 Å². The standard InChI is InChI=1S/C13H11ClN4/c1-18(12-5-7-16-13(14)17-12)10-3-2-9-4-6-15-11(9)8-10/h2-8,15H,1H3. The fraction of sp³-hybridized carbons (Fsp3) is 0.0769. The third-order valence-corrected chi connectivity index (χ3v) is 3.06. The van der Waals surface area contributed by atoms with Gasteiger partial charge in [-0.1, -0.05) is 6.07 Å². The zero-order chi connectivity index (χ0) is 12.5. The Bertz CT molecular complexity index is 692. The third-order valence-electron chi connectivity index (χ3n) is 2.88. The largest absolute Gasteiger partial charge is 0.361 e. The number of hydrogen-bond donors (Lipinski definition) is 1. The third kappa shape index (κ3) is 1.91. The van der Waals surface area contributed by atoms with Crippen molar-refractivity contribution in [3.05, 3.63) is 48.0 Å². The van der Waals surface area contributed by atoms with E-state index in [1.807, 2.05) is 36.3 Å². The van der Waals surface area contributed by atoms with Gasteiger partial charge in [-0.15, -0.1) is 0 Å². The van der Waals surface area contributed by atoms with E-state index in [2.05, 4.69) is 27.1 Å². The summed E-state index contributed by atoms with van der Waals surface area (Å²) in [5.74, 6) is 0.765. The summed E-state index contributed by atoms with van der Waals surface area (Å²) in [6.07, 6.45) is 3.57. The molecule has 0 radical (unpaired) electrons. The van der Waals surface area contributed by atoms with Crippen LogP contribution in [0.4, 0.5) is 11.5 Å². The minimum absolute atomic E-state index is 0.250. The molecule has 0 saturated carbocycles. The van der Waals surface area contributed by atoms with Crippen molar-refractivity contribution in [3.8, 4) is 0 Å². The summed E-state index contributed by atoms with van der Waals surface area (Å²) in [5.41, 5.74) is 2.14. The molecule has 1 aromatic carbocycles. The highest BCUT2D eigenvalue weighted by atomic mass is 35.5. The number of rotatable bonds is 2. The number of H-pyrrole nitrogens is 1. The summed E-state index contributed by atoms with van der Waals surface area (Å²) >= 11 is 5.80. The minimum Gasteiger partial charge on any atom is -0.361 e. The van der Waals surface area contributed by atoms with Crippen molar-refractivity contribution in [1.29, 1.82) is 0 Å². The van der Waals surface area contributed by atoms with Crippen LogP contribution >= 0.6 is 11.6 Å². The first-order valence-corrected chi connectivity index (χ1v) is 5.91. The number of halogens is 1. The smallest absolute Gasteiger partial charge is 0.224 e. The van der Waals surface area contributed by atoms with Gasteiger partial charge in [-0.2, -0.15) is 0 Å². The lowest BCUT2D eigenvalue weighted by atomic mass is 10.2. The summed E-state index contributed by atoms with van der Waals surface area (Å²) in [6.45, 7) is 0. The number of aromatic nitrogens is 3. The molecule has 0 atom stereocenters.